The smallest absolute Gasteiger partial charge is 0.130 e. The molecule has 2 heteroatoms. The lowest BCUT2D eigenvalue weighted by atomic mass is 9.98. The summed E-state index contributed by atoms with van der Waals surface area (Å²) in [7, 11) is 0. The summed E-state index contributed by atoms with van der Waals surface area (Å²) in [5, 5.41) is 9.16. The van der Waals surface area contributed by atoms with Crippen LogP contribution in [0.4, 0.5) is 0 Å². The monoisotopic (exact) mass is 206 g/mol. The quantitative estimate of drug-likeness (QED) is 0.802. The molecule has 0 aromatic heterocycles. The van der Waals surface area contributed by atoms with Gasteiger partial charge in [0.1, 0.15) is 5.75 Å². The first-order valence-corrected chi connectivity index (χ1v) is 5.23. The van der Waals surface area contributed by atoms with E-state index >= 15 is 0 Å². The van der Waals surface area contributed by atoms with Crippen LogP contribution in [0.15, 0.2) is 24.8 Å². The van der Waals surface area contributed by atoms with Gasteiger partial charge in [-0.25, -0.2) is 0 Å². The minimum Gasteiger partial charge on any atom is -0.493 e. The number of rotatable bonds is 5. The van der Waals surface area contributed by atoms with Gasteiger partial charge in [0.2, 0.25) is 0 Å². The average Bonchev–Trinajstić information content (AvgIpc) is 2.28. The summed E-state index contributed by atoms with van der Waals surface area (Å²) in [6.07, 6.45) is 1.78. The van der Waals surface area contributed by atoms with Crippen molar-refractivity contribution in [2.45, 2.75) is 19.8 Å². The molecule has 2 nitrogen and oxygen atoms in total. The zero-order valence-corrected chi connectivity index (χ0v) is 9.36. The number of aliphatic hydroxyl groups excluding tert-OH is 1. The predicted molar refractivity (Wildman–Crippen MR) is 63.2 cm³/mol. The molecule has 0 saturated heterocycles. The van der Waals surface area contributed by atoms with Crippen molar-refractivity contribution in [3.05, 3.63) is 35.9 Å². The van der Waals surface area contributed by atoms with Gasteiger partial charge in [-0.15, -0.1) is 0 Å². The van der Waals surface area contributed by atoms with Crippen LogP contribution in [0.5, 0.6) is 5.75 Å². The van der Waals surface area contributed by atoms with E-state index in [0.29, 0.717) is 6.61 Å². The molecule has 0 saturated carbocycles. The standard InChI is InChI=1S/C13H18O2/c1-4-11-7-6-8-12(10(3)9-14)13(11)15-5-2/h4,6-8,10,14H,1,5,9H2,2-3H3. The Morgan fingerprint density at radius 2 is 2.27 bits per heavy atom. The first-order valence-electron chi connectivity index (χ1n) is 5.23. The summed E-state index contributed by atoms with van der Waals surface area (Å²) in [5.74, 6) is 0.933. The lowest BCUT2D eigenvalue weighted by Crippen LogP contribution is -2.04. The molecule has 0 aliphatic rings. The molecule has 1 N–H and O–H groups in total. The Morgan fingerprint density at radius 3 is 2.80 bits per heavy atom. The van der Waals surface area contributed by atoms with Crippen molar-refractivity contribution in [2.75, 3.05) is 13.2 Å². The third-order valence-corrected chi connectivity index (χ3v) is 2.39. The average molecular weight is 206 g/mol. The zero-order valence-electron chi connectivity index (χ0n) is 9.36. The number of hydrogen-bond donors (Lipinski definition) is 1. The van der Waals surface area contributed by atoms with Crippen LogP contribution in [0, 0.1) is 0 Å². The highest BCUT2D eigenvalue weighted by Gasteiger charge is 2.12. The minimum absolute atomic E-state index is 0.0893. The maximum atomic E-state index is 9.16. The lowest BCUT2D eigenvalue weighted by Gasteiger charge is -2.16. The van der Waals surface area contributed by atoms with Crippen LogP contribution in [0.3, 0.4) is 0 Å². The molecular formula is C13H18O2. The second-order valence-corrected chi connectivity index (χ2v) is 3.49. The lowest BCUT2D eigenvalue weighted by molar-refractivity contribution is 0.266. The molecule has 82 valence electrons. The number of hydrogen-bond acceptors (Lipinski definition) is 2. The Kier molecular flexibility index (Phi) is 4.37. The molecule has 0 aliphatic carbocycles. The number of benzene rings is 1. The van der Waals surface area contributed by atoms with Crippen molar-refractivity contribution in [3.8, 4) is 5.75 Å². The van der Waals surface area contributed by atoms with Crippen molar-refractivity contribution >= 4 is 6.08 Å². The zero-order chi connectivity index (χ0) is 11.3. The summed E-state index contributed by atoms with van der Waals surface area (Å²) in [4.78, 5) is 0. The molecular weight excluding hydrogens is 188 g/mol. The van der Waals surface area contributed by atoms with Gasteiger partial charge in [-0.3, -0.25) is 0 Å². The van der Waals surface area contributed by atoms with Crippen molar-refractivity contribution < 1.29 is 9.84 Å². The number of aliphatic hydroxyl groups is 1. The van der Waals surface area contributed by atoms with Gasteiger partial charge in [0, 0.05) is 18.1 Å². The van der Waals surface area contributed by atoms with E-state index in [1.807, 2.05) is 32.0 Å². The van der Waals surface area contributed by atoms with Crippen LogP contribution in [0.25, 0.3) is 6.08 Å². The molecule has 0 radical (unpaired) electrons. The van der Waals surface area contributed by atoms with E-state index < -0.39 is 0 Å². The van der Waals surface area contributed by atoms with E-state index in [1.165, 1.54) is 0 Å². The molecule has 1 rings (SSSR count). The molecule has 0 aliphatic heterocycles. The van der Waals surface area contributed by atoms with Crippen LogP contribution >= 0.6 is 0 Å². The maximum Gasteiger partial charge on any atom is 0.130 e. The Bertz CT molecular complexity index is 331. The van der Waals surface area contributed by atoms with Crippen molar-refractivity contribution in [2.24, 2.45) is 0 Å². The summed E-state index contributed by atoms with van der Waals surface area (Å²) in [6.45, 7) is 8.43. The summed E-state index contributed by atoms with van der Waals surface area (Å²) < 4.78 is 5.60. The van der Waals surface area contributed by atoms with E-state index in [1.54, 1.807) is 6.08 Å². The van der Waals surface area contributed by atoms with E-state index in [-0.39, 0.29) is 12.5 Å². The fraction of sp³-hybridized carbons (Fsp3) is 0.385. The van der Waals surface area contributed by atoms with Crippen LogP contribution in [0.2, 0.25) is 0 Å². The Balaban J connectivity index is 3.18. The Hall–Kier alpha value is -1.28. The van der Waals surface area contributed by atoms with Gasteiger partial charge in [-0.2, -0.15) is 0 Å². The number of ether oxygens (including phenoxy) is 1. The third-order valence-electron chi connectivity index (χ3n) is 2.39. The fourth-order valence-corrected chi connectivity index (χ4v) is 1.53. The van der Waals surface area contributed by atoms with Gasteiger partial charge in [0.25, 0.3) is 0 Å². The summed E-state index contributed by atoms with van der Waals surface area (Å²) >= 11 is 0. The van der Waals surface area contributed by atoms with Gasteiger partial charge in [0.15, 0.2) is 0 Å². The molecule has 0 heterocycles. The molecule has 15 heavy (non-hydrogen) atoms. The summed E-state index contributed by atoms with van der Waals surface area (Å²) in [6, 6.07) is 5.91. The SMILES string of the molecule is C=Cc1cccc(C(C)CO)c1OCC. The molecule has 0 bridgehead atoms. The Morgan fingerprint density at radius 1 is 1.53 bits per heavy atom. The summed E-state index contributed by atoms with van der Waals surface area (Å²) in [5.41, 5.74) is 2.02. The molecule has 0 amide bonds. The van der Waals surface area contributed by atoms with Crippen LogP contribution < -0.4 is 4.74 Å². The highest BCUT2D eigenvalue weighted by Crippen LogP contribution is 2.30. The molecule has 1 unspecified atom stereocenters. The first kappa shape index (κ1) is 11.8. The van der Waals surface area contributed by atoms with Crippen molar-refractivity contribution in [1.29, 1.82) is 0 Å². The minimum atomic E-state index is 0.0893. The molecule has 0 spiro atoms. The molecule has 1 atom stereocenters. The van der Waals surface area contributed by atoms with Gasteiger partial charge in [0.05, 0.1) is 6.61 Å². The van der Waals surface area contributed by atoms with Crippen LogP contribution in [0.1, 0.15) is 30.9 Å². The number of para-hydroxylation sites is 1. The first-order chi connectivity index (χ1) is 7.24. The van der Waals surface area contributed by atoms with E-state index in [2.05, 4.69) is 6.58 Å². The van der Waals surface area contributed by atoms with Crippen LogP contribution in [-0.2, 0) is 0 Å². The van der Waals surface area contributed by atoms with E-state index in [9.17, 15) is 0 Å². The second-order valence-electron chi connectivity index (χ2n) is 3.49. The second kappa shape index (κ2) is 5.56. The van der Waals surface area contributed by atoms with Crippen molar-refractivity contribution in [3.63, 3.8) is 0 Å². The fourth-order valence-electron chi connectivity index (χ4n) is 1.53. The third kappa shape index (κ3) is 2.60. The van der Waals surface area contributed by atoms with Gasteiger partial charge in [-0.1, -0.05) is 37.8 Å². The van der Waals surface area contributed by atoms with E-state index in [4.69, 9.17) is 9.84 Å². The van der Waals surface area contributed by atoms with Gasteiger partial charge in [-0.05, 0) is 12.5 Å². The van der Waals surface area contributed by atoms with Crippen molar-refractivity contribution in [1.82, 2.24) is 0 Å². The van der Waals surface area contributed by atoms with Gasteiger partial charge >= 0.3 is 0 Å². The highest BCUT2D eigenvalue weighted by atomic mass is 16.5. The Labute approximate surface area is 91.2 Å². The largest absolute Gasteiger partial charge is 0.493 e. The molecule has 1 aromatic carbocycles. The predicted octanol–water partition coefficient (Wildman–Crippen LogP) is 2.82. The van der Waals surface area contributed by atoms with E-state index in [0.717, 1.165) is 16.9 Å². The topological polar surface area (TPSA) is 29.5 Å². The molecule has 0 fully saturated rings. The normalized spacial score (nSPS) is 12.2. The van der Waals surface area contributed by atoms with Crippen LogP contribution in [-0.4, -0.2) is 18.3 Å². The highest BCUT2D eigenvalue weighted by molar-refractivity contribution is 5.59. The maximum absolute atomic E-state index is 9.16. The molecule has 1 aromatic rings. The van der Waals surface area contributed by atoms with Gasteiger partial charge < -0.3 is 9.84 Å².